The van der Waals surface area contributed by atoms with Crippen LogP contribution in [0.2, 0.25) is 0 Å². The van der Waals surface area contributed by atoms with Gasteiger partial charge in [0.25, 0.3) is 6.43 Å². The standard InChI is InChI=1S/C7H7BrF2N2O2S/c1-3-4(8)2-5(15(11,13)14)6(12-3)7(9)10/h2,7H,1H3,(H2,11,13,14). The van der Waals surface area contributed by atoms with Crippen molar-refractivity contribution in [1.29, 1.82) is 0 Å². The van der Waals surface area contributed by atoms with E-state index in [1.807, 2.05) is 0 Å². The van der Waals surface area contributed by atoms with Crippen LogP contribution in [0.5, 0.6) is 0 Å². The van der Waals surface area contributed by atoms with E-state index in [0.29, 0.717) is 4.47 Å². The van der Waals surface area contributed by atoms with Crippen molar-refractivity contribution < 1.29 is 17.2 Å². The Bertz CT molecular complexity index is 490. The number of aryl methyl sites for hydroxylation is 1. The summed E-state index contributed by atoms with van der Waals surface area (Å²) in [5.41, 5.74) is -0.545. The number of primary sulfonamides is 1. The lowest BCUT2D eigenvalue weighted by Gasteiger charge is -2.08. The highest BCUT2D eigenvalue weighted by molar-refractivity contribution is 9.10. The molecule has 0 aliphatic carbocycles. The zero-order chi connectivity index (χ0) is 11.8. The van der Waals surface area contributed by atoms with E-state index < -0.39 is 27.0 Å². The second-order valence-corrected chi connectivity index (χ2v) is 5.17. The van der Waals surface area contributed by atoms with Gasteiger partial charge in [-0.05, 0) is 28.9 Å². The fourth-order valence-corrected chi connectivity index (χ4v) is 2.14. The number of halogens is 3. The molecule has 0 unspecified atom stereocenters. The van der Waals surface area contributed by atoms with Gasteiger partial charge in [0, 0.05) is 4.47 Å². The van der Waals surface area contributed by atoms with E-state index in [0.717, 1.165) is 6.07 Å². The first-order chi connectivity index (χ1) is 6.73. The van der Waals surface area contributed by atoms with Crippen molar-refractivity contribution in [2.75, 3.05) is 0 Å². The average Bonchev–Trinajstić information content (AvgIpc) is 2.06. The molecule has 0 aromatic carbocycles. The molecule has 0 bridgehead atoms. The number of nitrogens with zero attached hydrogens (tertiary/aromatic N) is 1. The fraction of sp³-hybridized carbons (Fsp3) is 0.286. The van der Waals surface area contributed by atoms with Crippen LogP contribution in [0.4, 0.5) is 8.78 Å². The average molecular weight is 301 g/mol. The molecule has 0 saturated heterocycles. The molecule has 2 N–H and O–H groups in total. The van der Waals surface area contributed by atoms with Crippen molar-refractivity contribution in [3.05, 3.63) is 21.9 Å². The molecule has 8 heteroatoms. The Morgan fingerprint density at radius 2 is 2.07 bits per heavy atom. The Hall–Kier alpha value is -0.600. The Kier molecular flexibility index (Phi) is 3.41. The van der Waals surface area contributed by atoms with Crippen LogP contribution >= 0.6 is 15.9 Å². The van der Waals surface area contributed by atoms with Crippen LogP contribution in [-0.2, 0) is 10.0 Å². The molecule has 1 aromatic heterocycles. The third kappa shape index (κ3) is 2.70. The lowest BCUT2D eigenvalue weighted by atomic mass is 10.3. The van der Waals surface area contributed by atoms with Gasteiger partial charge in [0.05, 0.1) is 5.69 Å². The molecule has 1 heterocycles. The zero-order valence-corrected chi connectivity index (χ0v) is 9.94. The van der Waals surface area contributed by atoms with Crippen LogP contribution in [0.15, 0.2) is 15.4 Å². The number of hydrogen-bond acceptors (Lipinski definition) is 3. The van der Waals surface area contributed by atoms with Gasteiger partial charge in [-0.15, -0.1) is 0 Å². The van der Waals surface area contributed by atoms with E-state index in [2.05, 4.69) is 20.9 Å². The minimum absolute atomic E-state index is 0.276. The number of nitrogens with two attached hydrogens (primary N) is 1. The number of rotatable bonds is 2. The molecule has 1 rings (SSSR count). The largest absolute Gasteiger partial charge is 0.281 e. The number of alkyl halides is 2. The minimum atomic E-state index is -4.19. The summed E-state index contributed by atoms with van der Waals surface area (Å²) in [5, 5.41) is 4.79. The maximum atomic E-state index is 12.5. The van der Waals surface area contributed by atoms with Crippen LogP contribution in [0.1, 0.15) is 17.8 Å². The summed E-state index contributed by atoms with van der Waals surface area (Å²) in [6.45, 7) is 1.48. The van der Waals surface area contributed by atoms with Gasteiger partial charge < -0.3 is 0 Å². The highest BCUT2D eigenvalue weighted by Crippen LogP contribution is 2.27. The van der Waals surface area contributed by atoms with E-state index in [1.54, 1.807) is 0 Å². The number of aromatic nitrogens is 1. The van der Waals surface area contributed by atoms with Gasteiger partial charge in [-0.3, -0.25) is 0 Å². The van der Waals surface area contributed by atoms with Crippen molar-refractivity contribution in [1.82, 2.24) is 4.98 Å². The van der Waals surface area contributed by atoms with Gasteiger partial charge in [-0.2, -0.15) is 0 Å². The van der Waals surface area contributed by atoms with Gasteiger partial charge >= 0.3 is 0 Å². The third-order valence-corrected chi connectivity index (χ3v) is 3.40. The molecule has 0 atom stereocenters. The summed E-state index contributed by atoms with van der Waals surface area (Å²) >= 11 is 2.99. The summed E-state index contributed by atoms with van der Waals surface area (Å²) in [7, 11) is -4.19. The molecular formula is C7H7BrF2N2O2S. The van der Waals surface area contributed by atoms with Gasteiger partial charge in [0.1, 0.15) is 10.6 Å². The Morgan fingerprint density at radius 1 is 1.53 bits per heavy atom. The van der Waals surface area contributed by atoms with Crippen molar-refractivity contribution in [2.45, 2.75) is 18.2 Å². The molecule has 15 heavy (non-hydrogen) atoms. The fourth-order valence-electron chi connectivity index (χ4n) is 0.967. The summed E-state index contributed by atoms with van der Waals surface area (Å²) < 4.78 is 47.3. The van der Waals surface area contributed by atoms with Crippen LogP contribution in [-0.4, -0.2) is 13.4 Å². The highest BCUT2D eigenvalue weighted by Gasteiger charge is 2.23. The zero-order valence-electron chi connectivity index (χ0n) is 7.54. The van der Waals surface area contributed by atoms with E-state index in [4.69, 9.17) is 5.14 Å². The van der Waals surface area contributed by atoms with E-state index in [9.17, 15) is 17.2 Å². The maximum Gasteiger partial charge on any atom is 0.281 e. The minimum Gasteiger partial charge on any atom is -0.250 e. The first kappa shape index (κ1) is 12.5. The summed E-state index contributed by atoms with van der Waals surface area (Å²) in [6, 6.07) is 1.03. The molecule has 0 fully saturated rings. The number of hydrogen-bond donors (Lipinski definition) is 1. The SMILES string of the molecule is Cc1nc(C(F)F)c(S(N)(=O)=O)cc1Br. The first-order valence-electron chi connectivity index (χ1n) is 3.71. The number of sulfonamides is 1. The second kappa shape index (κ2) is 4.11. The van der Waals surface area contributed by atoms with Gasteiger partial charge in [-0.1, -0.05) is 0 Å². The van der Waals surface area contributed by atoms with Crippen LogP contribution < -0.4 is 5.14 Å². The third-order valence-electron chi connectivity index (χ3n) is 1.66. The smallest absolute Gasteiger partial charge is 0.250 e. The summed E-state index contributed by atoms with van der Waals surface area (Å²) in [4.78, 5) is 2.83. The number of pyridine rings is 1. The second-order valence-electron chi connectivity index (χ2n) is 2.78. The topological polar surface area (TPSA) is 73.0 Å². The highest BCUT2D eigenvalue weighted by atomic mass is 79.9. The van der Waals surface area contributed by atoms with Crippen molar-refractivity contribution in [3.63, 3.8) is 0 Å². The Morgan fingerprint density at radius 3 is 2.47 bits per heavy atom. The maximum absolute atomic E-state index is 12.5. The van der Waals surface area contributed by atoms with Crippen LogP contribution in [0, 0.1) is 6.92 Å². The molecule has 0 spiro atoms. The van der Waals surface area contributed by atoms with E-state index >= 15 is 0 Å². The van der Waals surface area contributed by atoms with Gasteiger partial charge in [0.15, 0.2) is 0 Å². The molecule has 1 aromatic rings. The quantitative estimate of drug-likeness (QED) is 0.904. The van der Waals surface area contributed by atoms with Crippen LogP contribution in [0.3, 0.4) is 0 Å². The normalized spacial score (nSPS) is 12.1. The molecule has 0 saturated carbocycles. The van der Waals surface area contributed by atoms with Crippen molar-refractivity contribution in [2.24, 2.45) is 5.14 Å². The van der Waals surface area contributed by atoms with Gasteiger partial charge in [0.2, 0.25) is 10.0 Å². The molecular weight excluding hydrogens is 294 g/mol. The summed E-state index contributed by atoms with van der Waals surface area (Å²) in [5.74, 6) is 0. The monoisotopic (exact) mass is 300 g/mol. The summed E-state index contributed by atoms with van der Waals surface area (Å²) in [6.07, 6.45) is -2.98. The van der Waals surface area contributed by atoms with Crippen molar-refractivity contribution >= 4 is 26.0 Å². The van der Waals surface area contributed by atoms with Gasteiger partial charge in [-0.25, -0.2) is 27.3 Å². The molecule has 0 aliphatic rings. The lowest BCUT2D eigenvalue weighted by molar-refractivity contribution is 0.142. The van der Waals surface area contributed by atoms with E-state index in [1.165, 1.54) is 6.92 Å². The molecule has 84 valence electrons. The molecule has 4 nitrogen and oxygen atoms in total. The first-order valence-corrected chi connectivity index (χ1v) is 6.05. The predicted octanol–water partition coefficient (Wildman–Crippen LogP) is 1.74. The predicted molar refractivity (Wildman–Crippen MR) is 53.0 cm³/mol. The van der Waals surface area contributed by atoms with Crippen LogP contribution in [0.25, 0.3) is 0 Å². The Balaban J connectivity index is 3.56. The Labute approximate surface area is 93.7 Å². The molecule has 0 aliphatic heterocycles. The molecule has 0 radical (unpaired) electrons. The van der Waals surface area contributed by atoms with Crippen molar-refractivity contribution in [3.8, 4) is 0 Å². The lowest BCUT2D eigenvalue weighted by Crippen LogP contribution is -2.16. The molecule has 0 amide bonds. The van der Waals surface area contributed by atoms with E-state index in [-0.39, 0.29) is 5.69 Å².